The molecule has 0 radical (unpaired) electrons. The van der Waals surface area contributed by atoms with E-state index in [-0.39, 0.29) is 29.8 Å². The first-order valence-corrected chi connectivity index (χ1v) is 17.6. The molecule has 1 aromatic carbocycles. The Hall–Kier alpha value is -3.87. The van der Waals surface area contributed by atoms with Crippen molar-refractivity contribution in [2.24, 2.45) is 5.92 Å². The lowest BCUT2D eigenvalue weighted by Gasteiger charge is -2.49. The first kappa shape index (κ1) is 36.4. The number of hydrogen-bond acceptors (Lipinski definition) is 8. The number of fused-ring (bicyclic) bond motifs is 2. The first-order valence-electron chi connectivity index (χ1n) is 17.6. The Morgan fingerprint density at radius 3 is 2.37 bits per heavy atom. The second-order valence-electron chi connectivity index (χ2n) is 15.3. The van der Waals surface area contributed by atoms with Gasteiger partial charge in [0.25, 0.3) is 0 Å². The summed E-state index contributed by atoms with van der Waals surface area (Å²) in [5.41, 5.74) is -1.04. The minimum absolute atomic E-state index is 0.0711. The highest BCUT2D eigenvalue weighted by atomic mass is 16.6. The molecule has 13 heteroatoms. The zero-order valence-corrected chi connectivity index (χ0v) is 30.0. The molecule has 0 spiro atoms. The second-order valence-corrected chi connectivity index (χ2v) is 15.3. The Kier molecular flexibility index (Phi) is 10.8. The highest BCUT2D eigenvalue weighted by molar-refractivity contribution is 5.96. The molecule has 2 N–H and O–H groups in total. The lowest BCUT2D eigenvalue weighted by atomic mass is 9.86. The van der Waals surface area contributed by atoms with Crippen LogP contribution in [0.4, 0.5) is 4.79 Å². The van der Waals surface area contributed by atoms with E-state index >= 15 is 0 Å². The average molecular weight is 684 g/mol. The smallest absolute Gasteiger partial charge is 0.410 e. The number of carbonyl (C=O) groups is 5. The zero-order chi connectivity index (χ0) is 35.7. The molecule has 3 fully saturated rings. The van der Waals surface area contributed by atoms with Crippen LogP contribution in [-0.2, 0) is 28.7 Å². The first-order chi connectivity index (χ1) is 23.1. The van der Waals surface area contributed by atoms with Crippen LogP contribution < -0.4 is 15.4 Å². The summed E-state index contributed by atoms with van der Waals surface area (Å²) in [6, 6.07) is 4.12. The van der Waals surface area contributed by atoms with Crippen molar-refractivity contribution in [3.05, 3.63) is 29.8 Å². The summed E-state index contributed by atoms with van der Waals surface area (Å²) in [5.74, 6) is -0.849. The van der Waals surface area contributed by atoms with E-state index in [0.29, 0.717) is 64.9 Å². The Morgan fingerprint density at radius 2 is 1.67 bits per heavy atom. The Bertz CT molecular complexity index is 1420. The molecule has 5 atom stereocenters. The van der Waals surface area contributed by atoms with E-state index in [4.69, 9.17) is 14.2 Å². The lowest BCUT2D eigenvalue weighted by molar-refractivity contribution is -0.157. The molecular formula is C36H53N5O8. The van der Waals surface area contributed by atoms with Crippen LogP contribution in [0.15, 0.2) is 24.3 Å². The van der Waals surface area contributed by atoms with Crippen LogP contribution >= 0.6 is 0 Å². The number of carbonyl (C=O) groups excluding carboxylic acids is 5. The van der Waals surface area contributed by atoms with Gasteiger partial charge in [0.1, 0.15) is 29.5 Å². The van der Waals surface area contributed by atoms with E-state index in [9.17, 15) is 24.0 Å². The van der Waals surface area contributed by atoms with Crippen LogP contribution in [0, 0.1) is 5.92 Å². The van der Waals surface area contributed by atoms with Gasteiger partial charge in [-0.05, 0) is 79.7 Å². The Balaban J connectivity index is 1.43. The molecular weight excluding hydrogens is 630 g/mol. The van der Waals surface area contributed by atoms with Crippen molar-refractivity contribution < 1.29 is 38.2 Å². The fraction of sp³-hybridized carbons (Fsp3) is 0.694. The molecule has 4 aliphatic heterocycles. The molecule has 270 valence electrons. The van der Waals surface area contributed by atoms with Gasteiger partial charge in [-0.25, -0.2) is 4.79 Å². The number of para-hydroxylation sites is 1. The quantitative estimate of drug-likeness (QED) is 0.465. The van der Waals surface area contributed by atoms with Gasteiger partial charge in [0.05, 0.1) is 18.2 Å². The molecule has 1 unspecified atom stereocenters. The number of amides is 5. The van der Waals surface area contributed by atoms with Gasteiger partial charge < -0.3 is 34.6 Å². The third-order valence-electron chi connectivity index (χ3n) is 10.4. The molecule has 0 saturated carbocycles. The van der Waals surface area contributed by atoms with Crippen molar-refractivity contribution in [2.75, 3.05) is 33.4 Å². The van der Waals surface area contributed by atoms with Gasteiger partial charge in [0, 0.05) is 50.8 Å². The number of rotatable bonds is 6. The fourth-order valence-corrected chi connectivity index (χ4v) is 7.42. The van der Waals surface area contributed by atoms with E-state index in [1.807, 2.05) is 24.3 Å². The number of benzene rings is 1. The normalized spacial score (nSPS) is 26.2. The molecule has 4 heterocycles. The molecule has 0 bridgehead atoms. The highest BCUT2D eigenvalue weighted by Crippen LogP contribution is 2.37. The maximum absolute atomic E-state index is 14.8. The lowest BCUT2D eigenvalue weighted by Crippen LogP contribution is -2.70. The Morgan fingerprint density at radius 1 is 0.980 bits per heavy atom. The molecule has 13 nitrogen and oxygen atoms in total. The molecule has 49 heavy (non-hydrogen) atoms. The van der Waals surface area contributed by atoms with E-state index in [2.05, 4.69) is 10.6 Å². The second kappa shape index (κ2) is 14.5. The van der Waals surface area contributed by atoms with Crippen LogP contribution in [-0.4, -0.2) is 113 Å². The number of nitrogens with one attached hydrogen (secondary N) is 2. The van der Waals surface area contributed by atoms with Crippen LogP contribution in [0.2, 0.25) is 0 Å². The van der Waals surface area contributed by atoms with Gasteiger partial charge in [0.2, 0.25) is 23.6 Å². The molecule has 4 aliphatic rings. The maximum atomic E-state index is 14.8. The molecule has 5 rings (SSSR count). The predicted molar refractivity (Wildman–Crippen MR) is 180 cm³/mol. The zero-order valence-electron chi connectivity index (χ0n) is 30.0. The molecule has 5 amide bonds. The number of nitrogens with zero attached hydrogens (tertiary/aromatic N) is 3. The summed E-state index contributed by atoms with van der Waals surface area (Å²) < 4.78 is 16.8. The minimum Gasteiger partial charge on any atom is -0.493 e. The Labute approximate surface area is 289 Å². The monoisotopic (exact) mass is 683 g/mol. The summed E-state index contributed by atoms with van der Waals surface area (Å²) in [5, 5.41) is 6.12. The van der Waals surface area contributed by atoms with E-state index in [0.717, 1.165) is 11.3 Å². The summed E-state index contributed by atoms with van der Waals surface area (Å²) in [4.78, 5) is 74.3. The minimum atomic E-state index is -1.20. The highest BCUT2D eigenvalue weighted by Gasteiger charge is 2.53. The molecule has 3 saturated heterocycles. The van der Waals surface area contributed by atoms with Gasteiger partial charge in [-0.2, -0.15) is 0 Å². The SMILES string of the molecule is C[C@@H](C(=O)N[C@@H]1C(=O)N2[C@H](CC[C@H]2C(=O)NC2CCOc3ccccc32)CCN(C(=O)C2CCOCC2)C1(C)C)N(C)C(=O)OC(C)(C)C. The largest absolute Gasteiger partial charge is 0.493 e. The number of likely N-dealkylation sites (N-methyl/N-ethyl adjacent to an activating group) is 1. The van der Waals surface area contributed by atoms with Crippen molar-refractivity contribution in [3.8, 4) is 5.75 Å². The van der Waals surface area contributed by atoms with Gasteiger partial charge >= 0.3 is 6.09 Å². The molecule has 0 aromatic heterocycles. The van der Waals surface area contributed by atoms with E-state index in [1.54, 1.807) is 51.3 Å². The van der Waals surface area contributed by atoms with Crippen molar-refractivity contribution in [1.29, 1.82) is 0 Å². The predicted octanol–water partition coefficient (Wildman–Crippen LogP) is 3.16. The topological polar surface area (TPSA) is 147 Å². The van der Waals surface area contributed by atoms with E-state index in [1.165, 1.54) is 11.9 Å². The summed E-state index contributed by atoms with van der Waals surface area (Å²) in [7, 11) is 1.47. The van der Waals surface area contributed by atoms with Crippen LogP contribution in [0.1, 0.15) is 91.7 Å². The van der Waals surface area contributed by atoms with Crippen molar-refractivity contribution in [3.63, 3.8) is 0 Å². The van der Waals surface area contributed by atoms with Crippen LogP contribution in [0.25, 0.3) is 0 Å². The third kappa shape index (κ3) is 7.81. The van der Waals surface area contributed by atoms with Gasteiger partial charge in [-0.15, -0.1) is 0 Å². The summed E-state index contributed by atoms with van der Waals surface area (Å²) in [6.45, 7) is 12.2. The van der Waals surface area contributed by atoms with Crippen LogP contribution in [0.3, 0.4) is 0 Å². The third-order valence-corrected chi connectivity index (χ3v) is 10.4. The van der Waals surface area contributed by atoms with E-state index < -0.39 is 47.2 Å². The number of hydrogen-bond donors (Lipinski definition) is 2. The maximum Gasteiger partial charge on any atom is 0.410 e. The van der Waals surface area contributed by atoms with Gasteiger partial charge in [-0.1, -0.05) is 18.2 Å². The fourth-order valence-electron chi connectivity index (χ4n) is 7.42. The summed E-state index contributed by atoms with van der Waals surface area (Å²) >= 11 is 0. The van der Waals surface area contributed by atoms with Gasteiger partial charge in [-0.3, -0.25) is 24.1 Å². The molecule has 0 aliphatic carbocycles. The average Bonchev–Trinajstić information content (AvgIpc) is 3.49. The van der Waals surface area contributed by atoms with Crippen molar-refractivity contribution >= 4 is 29.7 Å². The molecule has 1 aromatic rings. The van der Waals surface area contributed by atoms with Crippen molar-refractivity contribution in [2.45, 2.75) is 121 Å². The summed E-state index contributed by atoms with van der Waals surface area (Å²) in [6.07, 6.45) is 2.65. The number of ether oxygens (including phenoxy) is 3. The van der Waals surface area contributed by atoms with Crippen LogP contribution in [0.5, 0.6) is 5.75 Å². The van der Waals surface area contributed by atoms with Crippen molar-refractivity contribution in [1.82, 2.24) is 25.3 Å². The standard InChI is InChI=1S/C36H53N5O8/c1-22(39(7)34(46)49-35(2,3)4)30(42)38-29-33(45)41-24(14-18-40(36(29,5)6)32(44)23-15-19-47-20-16-23)12-13-27(41)31(43)37-26-17-21-48-28-11-9-8-10-25(26)28/h8-11,22-24,26-27,29H,12-21H2,1-7H3,(H,37,43)(H,38,42)/t22-,24+,26?,27-,29+/m0/s1. The van der Waals surface area contributed by atoms with Gasteiger partial charge in [0.15, 0.2) is 0 Å².